The summed E-state index contributed by atoms with van der Waals surface area (Å²) in [6.07, 6.45) is 11.2. The Morgan fingerprint density at radius 2 is 1.85 bits per heavy atom. The lowest BCUT2D eigenvalue weighted by Crippen LogP contribution is -2.61. The molecule has 5 fully saturated rings. The number of nitriles is 1. The van der Waals surface area contributed by atoms with Crippen LogP contribution in [0.4, 0.5) is 0 Å². The van der Waals surface area contributed by atoms with Crippen molar-refractivity contribution in [2.45, 2.75) is 63.1 Å². The second-order valence-corrected chi connectivity index (χ2v) is 8.67. The van der Waals surface area contributed by atoms with Crippen molar-refractivity contribution in [1.82, 2.24) is 10.2 Å². The van der Waals surface area contributed by atoms with Gasteiger partial charge in [0.1, 0.15) is 6.04 Å². The Morgan fingerprint density at radius 1 is 1.19 bits per heavy atom. The van der Waals surface area contributed by atoms with Crippen molar-refractivity contribution < 1.29 is 14.7 Å². The Labute approximate surface area is 153 Å². The fraction of sp³-hybridized carbons (Fsp3) is 0.750. The van der Waals surface area contributed by atoms with Crippen LogP contribution in [0.2, 0.25) is 0 Å². The van der Waals surface area contributed by atoms with E-state index >= 15 is 0 Å². The van der Waals surface area contributed by atoms with Crippen LogP contribution in [0.1, 0.15) is 44.9 Å². The molecule has 5 rings (SSSR count). The van der Waals surface area contributed by atoms with E-state index in [9.17, 15) is 20.0 Å². The summed E-state index contributed by atoms with van der Waals surface area (Å²) in [6, 6.07) is 1.67. The van der Waals surface area contributed by atoms with Crippen LogP contribution < -0.4 is 5.32 Å². The van der Waals surface area contributed by atoms with E-state index in [0.29, 0.717) is 30.6 Å². The van der Waals surface area contributed by atoms with E-state index < -0.39 is 17.4 Å². The van der Waals surface area contributed by atoms with Crippen LogP contribution in [-0.4, -0.2) is 46.6 Å². The van der Waals surface area contributed by atoms with Crippen molar-refractivity contribution >= 4 is 11.9 Å². The van der Waals surface area contributed by atoms with Crippen molar-refractivity contribution in [3.05, 3.63) is 0 Å². The molecule has 0 spiro atoms. The molecule has 4 bridgehead atoms. The molecule has 26 heavy (non-hydrogen) atoms. The predicted octanol–water partition coefficient (Wildman–Crippen LogP) is 1.37. The molecule has 5 unspecified atom stereocenters. The molecule has 2 N–H and O–H groups in total. The van der Waals surface area contributed by atoms with Crippen LogP contribution in [0.5, 0.6) is 0 Å². The molecule has 4 saturated carbocycles. The number of carboxylic acid groups (broad SMARTS) is 1. The standard InChI is InChI=1S/C20H25N3O3/c1-2-15-3-4-16(10-21)23(15)17(24)11-22-18-13-5-12-6-14(18)9-20(7-12,8-13)19(25)26/h1,12-16,18,22H,3-9,11H2,(H,25,26)/t12?,13-,14?,15?,16+,18?,20?/m1/s1. The molecule has 4 aliphatic carbocycles. The highest BCUT2D eigenvalue weighted by Gasteiger charge is 2.58. The van der Waals surface area contributed by atoms with Gasteiger partial charge in [-0.1, -0.05) is 5.92 Å². The first-order valence-corrected chi connectivity index (χ1v) is 9.61. The zero-order valence-corrected chi connectivity index (χ0v) is 14.9. The molecular formula is C20H25N3O3. The van der Waals surface area contributed by atoms with Crippen molar-refractivity contribution in [1.29, 1.82) is 5.26 Å². The minimum atomic E-state index is -0.641. The quantitative estimate of drug-likeness (QED) is 0.743. The third-order valence-corrected chi connectivity index (χ3v) is 7.23. The largest absolute Gasteiger partial charge is 0.481 e. The van der Waals surface area contributed by atoms with Crippen LogP contribution in [0.15, 0.2) is 0 Å². The molecule has 6 heteroatoms. The van der Waals surface area contributed by atoms with Gasteiger partial charge in [0.15, 0.2) is 0 Å². The zero-order chi connectivity index (χ0) is 18.5. The van der Waals surface area contributed by atoms with Crippen molar-refractivity contribution in [2.75, 3.05) is 6.54 Å². The first-order valence-electron chi connectivity index (χ1n) is 9.61. The summed E-state index contributed by atoms with van der Waals surface area (Å²) in [7, 11) is 0. The molecule has 1 amide bonds. The van der Waals surface area contributed by atoms with Crippen LogP contribution >= 0.6 is 0 Å². The lowest BCUT2D eigenvalue weighted by atomic mass is 9.48. The van der Waals surface area contributed by atoms with Crippen molar-refractivity contribution in [3.8, 4) is 18.4 Å². The van der Waals surface area contributed by atoms with Crippen LogP contribution in [0.25, 0.3) is 0 Å². The van der Waals surface area contributed by atoms with Crippen LogP contribution in [-0.2, 0) is 9.59 Å². The van der Waals surface area contributed by atoms with E-state index in [1.165, 1.54) is 0 Å². The topological polar surface area (TPSA) is 93.4 Å². The van der Waals surface area contributed by atoms with Gasteiger partial charge in [-0.3, -0.25) is 9.59 Å². The summed E-state index contributed by atoms with van der Waals surface area (Å²) in [5.74, 6) is 3.06. The predicted molar refractivity (Wildman–Crippen MR) is 93.5 cm³/mol. The fourth-order valence-electron chi connectivity index (χ4n) is 6.37. The van der Waals surface area contributed by atoms with E-state index in [-0.39, 0.29) is 24.5 Å². The number of carboxylic acids is 1. The number of likely N-dealkylation sites (tertiary alicyclic amines) is 1. The average Bonchev–Trinajstić information content (AvgIpc) is 3.03. The maximum Gasteiger partial charge on any atom is 0.309 e. The highest BCUT2D eigenvalue weighted by Crippen LogP contribution is 2.60. The van der Waals surface area contributed by atoms with Crippen molar-refractivity contribution in [3.63, 3.8) is 0 Å². The Kier molecular flexibility index (Phi) is 4.20. The van der Waals surface area contributed by atoms with Crippen molar-refractivity contribution in [2.24, 2.45) is 23.2 Å². The zero-order valence-electron chi connectivity index (χ0n) is 14.9. The van der Waals surface area contributed by atoms with E-state index in [1.807, 2.05) is 0 Å². The van der Waals surface area contributed by atoms with Gasteiger partial charge in [-0.25, -0.2) is 0 Å². The summed E-state index contributed by atoms with van der Waals surface area (Å²) in [4.78, 5) is 26.1. The Hall–Kier alpha value is -2.05. The molecule has 0 radical (unpaired) electrons. The number of carbonyl (C=O) groups is 2. The third-order valence-electron chi connectivity index (χ3n) is 7.23. The minimum absolute atomic E-state index is 0.112. The second kappa shape index (κ2) is 6.28. The number of amides is 1. The average molecular weight is 355 g/mol. The van der Waals surface area contributed by atoms with Gasteiger partial charge >= 0.3 is 5.97 Å². The Balaban J connectivity index is 1.42. The molecule has 1 saturated heterocycles. The first kappa shape index (κ1) is 17.4. The molecule has 1 aliphatic heterocycles. The minimum Gasteiger partial charge on any atom is -0.481 e. The van der Waals surface area contributed by atoms with Crippen LogP contribution in [0.3, 0.4) is 0 Å². The summed E-state index contributed by atoms with van der Waals surface area (Å²) >= 11 is 0. The third kappa shape index (κ3) is 2.59. The molecule has 138 valence electrons. The van der Waals surface area contributed by atoms with E-state index in [4.69, 9.17) is 6.42 Å². The highest BCUT2D eigenvalue weighted by atomic mass is 16.4. The van der Waals surface area contributed by atoms with Gasteiger partial charge in [0.2, 0.25) is 5.91 Å². The molecule has 7 atom stereocenters. The number of aliphatic carboxylic acids is 1. The Morgan fingerprint density at radius 3 is 2.42 bits per heavy atom. The van der Waals surface area contributed by atoms with Gasteiger partial charge in [-0.15, -0.1) is 6.42 Å². The second-order valence-electron chi connectivity index (χ2n) is 8.67. The SMILES string of the molecule is C#CC1CC[C@@H](C#N)N1C(=O)CNC1C2CC3C[C@@H]1CC(C(=O)O)(C3)C2. The van der Waals surface area contributed by atoms with Gasteiger partial charge in [-0.05, 0) is 62.7 Å². The smallest absolute Gasteiger partial charge is 0.309 e. The van der Waals surface area contributed by atoms with Gasteiger partial charge in [0.25, 0.3) is 0 Å². The Bertz CT molecular complexity index is 668. The monoisotopic (exact) mass is 355 g/mol. The van der Waals surface area contributed by atoms with E-state index in [1.54, 1.807) is 4.90 Å². The van der Waals surface area contributed by atoms with Gasteiger partial charge in [0.05, 0.1) is 24.1 Å². The lowest BCUT2D eigenvalue weighted by Gasteiger charge is -2.58. The maximum absolute atomic E-state index is 12.7. The van der Waals surface area contributed by atoms with E-state index in [0.717, 1.165) is 32.1 Å². The number of rotatable bonds is 4. The number of hydrogen-bond donors (Lipinski definition) is 2. The fourth-order valence-corrected chi connectivity index (χ4v) is 6.37. The molecule has 0 aromatic rings. The molecule has 0 aromatic carbocycles. The van der Waals surface area contributed by atoms with Crippen LogP contribution in [0, 0.1) is 46.8 Å². The summed E-state index contributed by atoms with van der Waals surface area (Å²) < 4.78 is 0. The van der Waals surface area contributed by atoms with Gasteiger partial charge < -0.3 is 15.3 Å². The number of terminal acetylenes is 1. The molecule has 6 nitrogen and oxygen atoms in total. The maximum atomic E-state index is 12.7. The lowest BCUT2D eigenvalue weighted by molar-refractivity contribution is -0.167. The van der Waals surface area contributed by atoms with Gasteiger partial charge in [-0.2, -0.15) is 5.26 Å². The first-order chi connectivity index (χ1) is 12.5. The summed E-state index contributed by atoms with van der Waals surface area (Å²) in [5.41, 5.74) is -0.534. The number of carbonyl (C=O) groups excluding carboxylic acids is 1. The number of nitrogens with zero attached hydrogens (tertiary/aromatic N) is 2. The number of nitrogens with one attached hydrogen (secondary N) is 1. The summed E-state index contributed by atoms with van der Waals surface area (Å²) in [5, 5.41) is 22.4. The highest BCUT2D eigenvalue weighted by molar-refractivity contribution is 5.80. The number of hydrogen-bond acceptors (Lipinski definition) is 4. The molecular weight excluding hydrogens is 330 g/mol. The summed E-state index contributed by atoms with van der Waals surface area (Å²) in [6.45, 7) is 0.179. The van der Waals surface area contributed by atoms with Gasteiger partial charge in [0, 0.05) is 6.04 Å². The molecule has 5 aliphatic rings. The van der Waals surface area contributed by atoms with E-state index in [2.05, 4.69) is 17.3 Å². The molecule has 1 heterocycles. The molecule has 0 aromatic heterocycles. The normalized spacial score (nSPS) is 43.1.